The predicted molar refractivity (Wildman–Crippen MR) is 90.9 cm³/mol. The minimum Gasteiger partial charge on any atom is -0.292 e. The van der Waals surface area contributed by atoms with Gasteiger partial charge in [-0.05, 0) is 41.5 Å². The molecule has 2 heterocycles. The second-order valence-electron chi connectivity index (χ2n) is 5.85. The average Bonchev–Trinajstić information content (AvgIpc) is 2.62. The third-order valence-electron chi connectivity index (χ3n) is 3.88. The second kappa shape index (κ2) is 7.35. The number of nitrogens with zero attached hydrogens (tertiary/aromatic N) is 3. The Morgan fingerprint density at radius 3 is 2.62 bits per heavy atom. The van der Waals surface area contributed by atoms with Gasteiger partial charge in [-0.15, -0.1) is 0 Å². The maximum atomic E-state index is 13.7. The van der Waals surface area contributed by atoms with Crippen LogP contribution in [0.15, 0.2) is 53.5 Å². The van der Waals surface area contributed by atoms with Crippen LogP contribution in [-0.2, 0) is 19.9 Å². The topological polar surface area (TPSA) is 64.8 Å². The lowest BCUT2D eigenvalue weighted by Crippen LogP contribution is -2.21. The van der Waals surface area contributed by atoms with Gasteiger partial charge in [0.15, 0.2) is 5.78 Å². The first-order chi connectivity index (χ1) is 12.4. The van der Waals surface area contributed by atoms with Crippen molar-refractivity contribution >= 4 is 5.78 Å². The van der Waals surface area contributed by atoms with Crippen LogP contribution in [0.2, 0.25) is 0 Å². The van der Waals surface area contributed by atoms with E-state index >= 15 is 0 Å². The number of halogens is 2. The van der Waals surface area contributed by atoms with Gasteiger partial charge in [-0.1, -0.05) is 6.07 Å². The van der Waals surface area contributed by atoms with E-state index in [4.69, 9.17) is 0 Å². The zero-order valence-electron chi connectivity index (χ0n) is 13.9. The van der Waals surface area contributed by atoms with E-state index in [0.29, 0.717) is 11.3 Å². The Balaban J connectivity index is 1.71. The SMILES string of the molecule is Cn1nc(C(=O)Cc2ccc(Cc3cc(F)ccc3F)cn2)ccc1=O. The zero-order chi connectivity index (χ0) is 18.7. The lowest BCUT2D eigenvalue weighted by Gasteiger charge is -2.05. The summed E-state index contributed by atoms with van der Waals surface area (Å²) in [5.41, 5.74) is 1.35. The number of pyridine rings is 1. The van der Waals surface area contributed by atoms with Gasteiger partial charge in [0.05, 0.1) is 6.42 Å². The molecule has 0 radical (unpaired) electrons. The summed E-state index contributed by atoms with van der Waals surface area (Å²) < 4.78 is 28.0. The first-order valence-electron chi connectivity index (χ1n) is 7.87. The molecule has 0 saturated carbocycles. The smallest absolute Gasteiger partial charge is 0.266 e. The van der Waals surface area contributed by atoms with Crippen molar-refractivity contribution in [3.63, 3.8) is 0 Å². The Kier molecular flexibility index (Phi) is 4.97. The van der Waals surface area contributed by atoms with Crippen molar-refractivity contribution in [3.8, 4) is 0 Å². The standard InChI is InChI=1S/C19H15F2N3O2/c1-24-19(26)7-6-17(23-24)18(25)10-15-4-2-12(11-22-15)8-13-9-14(20)3-5-16(13)21/h2-7,9,11H,8,10H2,1H3. The van der Waals surface area contributed by atoms with Crippen molar-refractivity contribution in [2.75, 3.05) is 0 Å². The summed E-state index contributed by atoms with van der Waals surface area (Å²) in [6.07, 6.45) is 1.76. The van der Waals surface area contributed by atoms with Crippen molar-refractivity contribution in [3.05, 3.63) is 93.2 Å². The predicted octanol–water partition coefficient (Wildman–Crippen LogP) is 2.47. The Morgan fingerprint density at radius 2 is 1.92 bits per heavy atom. The molecule has 0 amide bonds. The fraction of sp³-hybridized carbons (Fsp3) is 0.158. The Bertz CT molecular complexity index is 1010. The quantitative estimate of drug-likeness (QED) is 0.660. The van der Waals surface area contributed by atoms with Crippen LogP contribution in [0.5, 0.6) is 0 Å². The molecule has 0 aliphatic rings. The molecule has 0 saturated heterocycles. The van der Waals surface area contributed by atoms with Crippen LogP contribution >= 0.6 is 0 Å². The van der Waals surface area contributed by atoms with E-state index in [1.165, 1.54) is 25.4 Å². The van der Waals surface area contributed by atoms with Crippen LogP contribution in [0.4, 0.5) is 8.78 Å². The maximum Gasteiger partial charge on any atom is 0.266 e. The molecule has 0 aliphatic carbocycles. The van der Waals surface area contributed by atoms with Gasteiger partial charge in [0.1, 0.15) is 17.3 Å². The van der Waals surface area contributed by atoms with E-state index in [9.17, 15) is 18.4 Å². The Hall–Kier alpha value is -3.22. The molecular weight excluding hydrogens is 340 g/mol. The van der Waals surface area contributed by atoms with E-state index in [1.54, 1.807) is 12.1 Å². The molecule has 132 valence electrons. The molecule has 0 N–H and O–H groups in total. The number of aromatic nitrogens is 3. The third kappa shape index (κ3) is 4.05. The average molecular weight is 355 g/mol. The van der Waals surface area contributed by atoms with E-state index in [-0.39, 0.29) is 35.4 Å². The summed E-state index contributed by atoms with van der Waals surface area (Å²) in [5, 5.41) is 3.91. The number of Topliss-reactive ketones (excluding diaryl/α,β-unsaturated/α-hetero) is 1. The number of hydrogen-bond donors (Lipinski definition) is 0. The van der Waals surface area contributed by atoms with Crippen molar-refractivity contribution in [1.82, 2.24) is 14.8 Å². The first kappa shape index (κ1) is 17.6. The number of benzene rings is 1. The normalized spacial score (nSPS) is 10.7. The van der Waals surface area contributed by atoms with Crippen molar-refractivity contribution in [2.24, 2.45) is 7.05 Å². The maximum absolute atomic E-state index is 13.7. The molecule has 3 rings (SSSR count). The molecular formula is C19H15F2N3O2. The van der Waals surface area contributed by atoms with Crippen LogP contribution in [0.3, 0.4) is 0 Å². The fourth-order valence-corrected chi connectivity index (χ4v) is 2.47. The van der Waals surface area contributed by atoms with E-state index < -0.39 is 11.6 Å². The number of carbonyl (C=O) groups is 1. The molecule has 3 aromatic rings. The lowest BCUT2D eigenvalue weighted by atomic mass is 10.0. The molecule has 5 nitrogen and oxygen atoms in total. The highest BCUT2D eigenvalue weighted by Crippen LogP contribution is 2.15. The molecule has 0 unspecified atom stereocenters. The molecule has 1 aromatic carbocycles. The Morgan fingerprint density at radius 1 is 1.12 bits per heavy atom. The van der Waals surface area contributed by atoms with E-state index in [2.05, 4.69) is 10.1 Å². The summed E-state index contributed by atoms with van der Waals surface area (Å²) in [4.78, 5) is 27.7. The monoisotopic (exact) mass is 355 g/mol. The molecule has 0 fully saturated rings. The summed E-state index contributed by atoms with van der Waals surface area (Å²) in [6.45, 7) is 0. The van der Waals surface area contributed by atoms with Gasteiger partial charge in [-0.2, -0.15) is 5.10 Å². The summed E-state index contributed by atoms with van der Waals surface area (Å²) in [6, 6.07) is 9.35. The van der Waals surface area contributed by atoms with Gasteiger partial charge in [0.25, 0.3) is 5.56 Å². The van der Waals surface area contributed by atoms with Crippen LogP contribution in [0, 0.1) is 11.6 Å². The fourth-order valence-electron chi connectivity index (χ4n) is 2.47. The summed E-state index contributed by atoms with van der Waals surface area (Å²) >= 11 is 0. The molecule has 0 aliphatic heterocycles. The van der Waals surface area contributed by atoms with Gasteiger partial charge in [-0.25, -0.2) is 13.5 Å². The largest absolute Gasteiger partial charge is 0.292 e. The molecule has 0 spiro atoms. The second-order valence-corrected chi connectivity index (χ2v) is 5.85. The summed E-state index contributed by atoms with van der Waals surface area (Å²) in [5.74, 6) is -1.25. The summed E-state index contributed by atoms with van der Waals surface area (Å²) in [7, 11) is 1.47. The van der Waals surface area contributed by atoms with Gasteiger partial charge >= 0.3 is 0 Å². The number of hydrogen-bond acceptors (Lipinski definition) is 4. The molecule has 2 aromatic heterocycles. The molecule has 26 heavy (non-hydrogen) atoms. The van der Waals surface area contributed by atoms with Crippen molar-refractivity contribution in [1.29, 1.82) is 0 Å². The van der Waals surface area contributed by atoms with Crippen LogP contribution in [-0.4, -0.2) is 20.5 Å². The van der Waals surface area contributed by atoms with Crippen molar-refractivity contribution in [2.45, 2.75) is 12.8 Å². The van der Waals surface area contributed by atoms with Crippen LogP contribution in [0.25, 0.3) is 0 Å². The lowest BCUT2D eigenvalue weighted by molar-refractivity contribution is 0.0985. The molecule has 7 heteroatoms. The third-order valence-corrected chi connectivity index (χ3v) is 3.88. The van der Waals surface area contributed by atoms with Gasteiger partial charge in [0, 0.05) is 31.4 Å². The van der Waals surface area contributed by atoms with Crippen molar-refractivity contribution < 1.29 is 13.6 Å². The minimum atomic E-state index is -0.499. The van der Waals surface area contributed by atoms with Crippen LogP contribution < -0.4 is 5.56 Å². The van der Waals surface area contributed by atoms with Gasteiger partial charge in [0.2, 0.25) is 0 Å². The first-order valence-corrected chi connectivity index (χ1v) is 7.87. The number of aryl methyl sites for hydroxylation is 1. The number of ketones is 1. The minimum absolute atomic E-state index is 0.0276. The highest BCUT2D eigenvalue weighted by Gasteiger charge is 2.11. The Labute approximate surface area is 147 Å². The van der Waals surface area contributed by atoms with Gasteiger partial charge in [-0.3, -0.25) is 14.6 Å². The van der Waals surface area contributed by atoms with Gasteiger partial charge < -0.3 is 0 Å². The highest BCUT2D eigenvalue weighted by atomic mass is 19.1. The number of rotatable bonds is 5. The van der Waals surface area contributed by atoms with E-state index in [1.807, 2.05) is 0 Å². The number of carbonyl (C=O) groups excluding carboxylic acids is 1. The van der Waals surface area contributed by atoms with Crippen LogP contribution in [0.1, 0.15) is 27.3 Å². The highest BCUT2D eigenvalue weighted by molar-refractivity contribution is 5.95. The van der Waals surface area contributed by atoms with E-state index in [0.717, 1.165) is 22.9 Å². The zero-order valence-corrected chi connectivity index (χ0v) is 13.9. The molecule has 0 atom stereocenters. The molecule has 0 bridgehead atoms.